The topological polar surface area (TPSA) is 59.2 Å². The van der Waals surface area contributed by atoms with Crippen molar-refractivity contribution in [1.29, 1.82) is 0 Å². The summed E-state index contributed by atoms with van der Waals surface area (Å²) in [4.78, 5) is 16.5. The van der Waals surface area contributed by atoms with Crippen LogP contribution in [0.2, 0.25) is 0 Å². The maximum Gasteiger partial charge on any atom is 0.250 e. The highest BCUT2D eigenvalue weighted by Crippen LogP contribution is 2.19. The SMILES string of the molecule is NC(=O)c1ccc(N2CC(F)C2)nc1. The Morgan fingerprint density at radius 3 is 2.71 bits per heavy atom. The van der Waals surface area contributed by atoms with Crippen LogP contribution in [0.15, 0.2) is 18.3 Å². The molecule has 2 N–H and O–H groups in total. The number of pyridine rings is 1. The number of hydrogen-bond donors (Lipinski definition) is 1. The van der Waals surface area contributed by atoms with Gasteiger partial charge in [-0.1, -0.05) is 0 Å². The quantitative estimate of drug-likeness (QED) is 0.740. The standard InChI is InChI=1S/C9H10FN3O/c10-7-4-13(5-7)8-2-1-6(3-12-8)9(11)14/h1-3,7H,4-5H2,(H2,11,14). The number of amides is 1. The zero-order chi connectivity index (χ0) is 10.1. The maximum atomic E-state index is 12.5. The van der Waals surface area contributed by atoms with E-state index in [0.717, 1.165) is 0 Å². The van der Waals surface area contributed by atoms with Gasteiger partial charge in [0, 0.05) is 6.20 Å². The smallest absolute Gasteiger partial charge is 0.250 e. The Bertz CT molecular complexity index is 346. The fourth-order valence-electron chi connectivity index (χ4n) is 1.33. The third-order valence-corrected chi connectivity index (χ3v) is 2.19. The van der Waals surface area contributed by atoms with Crippen molar-refractivity contribution in [2.24, 2.45) is 5.73 Å². The first-order chi connectivity index (χ1) is 6.66. The maximum absolute atomic E-state index is 12.5. The van der Waals surface area contributed by atoms with Crippen molar-refractivity contribution in [3.05, 3.63) is 23.9 Å². The number of nitrogens with two attached hydrogens (primary N) is 1. The normalized spacial score (nSPS) is 16.5. The number of nitrogens with zero attached hydrogens (tertiary/aromatic N) is 2. The van der Waals surface area contributed by atoms with E-state index in [0.29, 0.717) is 24.5 Å². The van der Waals surface area contributed by atoms with Gasteiger partial charge in [-0.05, 0) is 12.1 Å². The average molecular weight is 195 g/mol. The van der Waals surface area contributed by atoms with Gasteiger partial charge in [-0.15, -0.1) is 0 Å². The Labute approximate surface area is 80.5 Å². The van der Waals surface area contributed by atoms with Crippen LogP contribution in [0.4, 0.5) is 10.2 Å². The molecule has 1 aliphatic heterocycles. The van der Waals surface area contributed by atoms with Crippen molar-refractivity contribution in [2.45, 2.75) is 6.17 Å². The molecule has 0 radical (unpaired) electrons. The van der Waals surface area contributed by atoms with E-state index in [1.54, 1.807) is 17.0 Å². The van der Waals surface area contributed by atoms with Gasteiger partial charge in [0.15, 0.2) is 0 Å². The van der Waals surface area contributed by atoms with Crippen molar-refractivity contribution in [1.82, 2.24) is 4.98 Å². The van der Waals surface area contributed by atoms with Crippen LogP contribution in [0.5, 0.6) is 0 Å². The van der Waals surface area contributed by atoms with Gasteiger partial charge in [0.2, 0.25) is 5.91 Å². The van der Waals surface area contributed by atoms with E-state index < -0.39 is 12.1 Å². The van der Waals surface area contributed by atoms with Crippen molar-refractivity contribution in [3.8, 4) is 0 Å². The van der Waals surface area contributed by atoms with Gasteiger partial charge in [0.1, 0.15) is 12.0 Å². The minimum absolute atomic E-state index is 0.367. The molecule has 1 amide bonds. The van der Waals surface area contributed by atoms with Crippen LogP contribution >= 0.6 is 0 Å². The Morgan fingerprint density at radius 1 is 1.57 bits per heavy atom. The number of anilines is 1. The third-order valence-electron chi connectivity index (χ3n) is 2.19. The highest BCUT2D eigenvalue weighted by molar-refractivity contribution is 5.92. The predicted molar refractivity (Wildman–Crippen MR) is 49.9 cm³/mol. The van der Waals surface area contributed by atoms with E-state index in [-0.39, 0.29) is 0 Å². The largest absolute Gasteiger partial charge is 0.366 e. The summed E-state index contributed by atoms with van der Waals surface area (Å²) in [5.74, 6) is 0.180. The Kier molecular flexibility index (Phi) is 2.07. The number of alkyl halides is 1. The van der Waals surface area contributed by atoms with E-state index in [9.17, 15) is 9.18 Å². The first kappa shape index (κ1) is 8.93. The lowest BCUT2D eigenvalue weighted by Crippen LogP contribution is -2.48. The van der Waals surface area contributed by atoms with E-state index in [1.165, 1.54) is 6.20 Å². The van der Waals surface area contributed by atoms with Crippen molar-refractivity contribution >= 4 is 11.7 Å². The molecule has 0 bridgehead atoms. The second-order valence-electron chi connectivity index (χ2n) is 3.27. The van der Waals surface area contributed by atoms with Crippen LogP contribution in [0.1, 0.15) is 10.4 Å². The molecule has 74 valence electrons. The minimum Gasteiger partial charge on any atom is -0.366 e. The molecule has 0 aliphatic carbocycles. The average Bonchev–Trinajstić information content (AvgIpc) is 2.13. The molecule has 0 atom stereocenters. The summed E-state index contributed by atoms with van der Waals surface area (Å²) in [6, 6.07) is 3.27. The molecule has 0 saturated carbocycles. The molecule has 1 fully saturated rings. The van der Waals surface area contributed by atoms with Gasteiger partial charge in [-0.2, -0.15) is 0 Å². The van der Waals surface area contributed by atoms with Crippen LogP contribution in [0.3, 0.4) is 0 Å². The summed E-state index contributed by atoms with van der Waals surface area (Å²) < 4.78 is 12.5. The van der Waals surface area contributed by atoms with Crippen LogP contribution in [0, 0.1) is 0 Å². The Balaban J connectivity index is 2.10. The van der Waals surface area contributed by atoms with Crippen LogP contribution in [0.25, 0.3) is 0 Å². The molecular formula is C9H10FN3O. The molecule has 5 heteroatoms. The van der Waals surface area contributed by atoms with Crippen molar-refractivity contribution in [2.75, 3.05) is 18.0 Å². The summed E-state index contributed by atoms with van der Waals surface area (Å²) >= 11 is 0. The fraction of sp³-hybridized carbons (Fsp3) is 0.333. The van der Waals surface area contributed by atoms with Gasteiger partial charge in [-0.3, -0.25) is 4.79 Å². The molecule has 2 heterocycles. The van der Waals surface area contributed by atoms with Gasteiger partial charge in [-0.25, -0.2) is 9.37 Å². The van der Waals surface area contributed by atoms with E-state index >= 15 is 0 Å². The summed E-state index contributed by atoms with van der Waals surface area (Å²) in [6.45, 7) is 0.756. The molecule has 4 nitrogen and oxygen atoms in total. The van der Waals surface area contributed by atoms with E-state index in [4.69, 9.17) is 5.73 Å². The third kappa shape index (κ3) is 1.53. The number of halogens is 1. The zero-order valence-electron chi connectivity index (χ0n) is 7.48. The number of rotatable bonds is 2. The van der Waals surface area contributed by atoms with Gasteiger partial charge < -0.3 is 10.6 Å². The highest BCUT2D eigenvalue weighted by atomic mass is 19.1. The summed E-state index contributed by atoms with van der Waals surface area (Å²) in [7, 11) is 0. The Morgan fingerprint density at radius 2 is 2.29 bits per heavy atom. The lowest BCUT2D eigenvalue weighted by molar-refractivity contribution is 0.1000. The summed E-state index contributed by atoms with van der Waals surface area (Å²) in [5, 5.41) is 0. The zero-order valence-corrected chi connectivity index (χ0v) is 7.48. The summed E-state index contributed by atoms with van der Waals surface area (Å²) in [6.07, 6.45) is 0.649. The number of carbonyl (C=O) groups is 1. The molecule has 14 heavy (non-hydrogen) atoms. The second-order valence-corrected chi connectivity index (χ2v) is 3.27. The van der Waals surface area contributed by atoms with Gasteiger partial charge in [0.25, 0.3) is 0 Å². The van der Waals surface area contributed by atoms with E-state index in [2.05, 4.69) is 4.98 Å². The van der Waals surface area contributed by atoms with Crippen LogP contribution in [-0.2, 0) is 0 Å². The first-order valence-electron chi connectivity index (χ1n) is 4.31. The van der Waals surface area contributed by atoms with Gasteiger partial charge in [0.05, 0.1) is 18.7 Å². The summed E-state index contributed by atoms with van der Waals surface area (Å²) in [5.41, 5.74) is 5.42. The van der Waals surface area contributed by atoms with Crippen molar-refractivity contribution < 1.29 is 9.18 Å². The highest BCUT2D eigenvalue weighted by Gasteiger charge is 2.26. The number of carbonyl (C=O) groups excluding carboxylic acids is 1. The lowest BCUT2D eigenvalue weighted by Gasteiger charge is -2.35. The molecule has 1 aromatic heterocycles. The first-order valence-corrected chi connectivity index (χ1v) is 4.31. The molecule has 1 saturated heterocycles. The van der Waals surface area contributed by atoms with E-state index in [1.807, 2.05) is 0 Å². The monoisotopic (exact) mass is 195 g/mol. The van der Waals surface area contributed by atoms with Crippen LogP contribution < -0.4 is 10.6 Å². The lowest BCUT2D eigenvalue weighted by atomic mass is 10.2. The molecule has 1 aromatic rings. The number of aromatic nitrogens is 1. The number of hydrogen-bond acceptors (Lipinski definition) is 3. The molecule has 2 rings (SSSR count). The molecular weight excluding hydrogens is 185 g/mol. The van der Waals surface area contributed by atoms with Crippen molar-refractivity contribution in [3.63, 3.8) is 0 Å². The fourth-order valence-corrected chi connectivity index (χ4v) is 1.33. The molecule has 0 spiro atoms. The van der Waals surface area contributed by atoms with Crippen LogP contribution in [-0.4, -0.2) is 30.2 Å². The van der Waals surface area contributed by atoms with Gasteiger partial charge >= 0.3 is 0 Å². The Hall–Kier alpha value is -1.65. The molecule has 1 aliphatic rings. The minimum atomic E-state index is -0.757. The molecule has 0 unspecified atom stereocenters. The predicted octanol–water partition coefficient (Wildman–Crippen LogP) is 0.339. The molecule has 0 aromatic carbocycles. The number of primary amides is 1. The second kappa shape index (κ2) is 3.25.